The summed E-state index contributed by atoms with van der Waals surface area (Å²) in [7, 11) is 1.74. The number of ether oxygens (including phenoxy) is 1. The number of para-hydroxylation sites is 1. The number of methoxy groups -OCH3 is 1. The zero-order chi connectivity index (χ0) is 16.1. The van der Waals surface area contributed by atoms with E-state index in [9.17, 15) is 4.79 Å². The fraction of sp³-hybridized carbons (Fsp3) is 0.632. The van der Waals surface area contributed by atoms with Crippen molar-refractivity contribution in [2.45, 2.75) is 38.6 Å². The molecule has 0 aliphatic carbocycles. The first-order valence-corrected chi connectivity index (χ1v) is 8.88. The van der Waals surface area contributed by atoms with E-state index in [2.05, 4.69) is 21.9 Å². The van der Waals surface area contributed by atoms with Crippen molar-refractivity contribution in [3.05, 3.63) is 29.8 Å². The SMILES string of the molecule is COc1ccccc1CN1CCC(CN2CCCCC2=O)CC1. The normalized spacial score (nSPS) is 20.7. The standard InChI is InChI=1S/C19H28N2O2/c1-23-18-7-3-2-6-17(18)15-20-12-9-16(10-13-20)14-21-11-5-4-8-19(21)22/h2-3,6-7,16H,4-5,8-15H2,1H3. The van der Waals surface area contributed by atoms with E-state index in [1.54, 1.807) is 7.11 Å². The second kappa shape index (κ2) is 7.82. The van der Waals surface area contributed by atoms with Gasteiger partial charge in [0, 0.05) is 31.6 Å². The van der Waals surface area contributed by atoms with Crippen LogP contribution in [0.3, 0.4) is 0 Å². The number of rotatable bonds is 5. The van der Waals surface area contributed by atoms with Crippen LogP contribution >= 0.6 is 0 Å². The maximum atomic E-state index is 11.9. The van der Waals surface area contributed by atoms with Crippen LogP contribution in [0.25, 0.3) is 0 Å². The molecule has 0 N–H and O–H groups in total. The molecule has 0 bridgehead atoms. The highest BCUT2D eigenvalue weighted by Gasteiger charge is 2.25. The quantitative estimate of drug-likeness (QED) is 0.837. The molecule has 1 amide bonds. The summed E-state index contributed by atoms with van der Waals surface area (Å²) in [6, 6.07) is 8.28. The van der Waals surface area contributed by atoms with E-state index in [1.807, 2.05) is 12.1 Å². The number of carbonyl (C=O) groups excluding carboxylic acids is 1. The molecule has 0 atom stereocenters. The Labute approximate surface area is 139 Å². The molecule has 2 heterocycles. The minimum atomic E-state index is 0.368. The number of hydrogen-bond donors (Lipinski definition) is 0. The van der Waals surface area contributed by atoms with E-state index in [0.717, 1.165) is 51.3 Å². The lowest BCUT2D eigenvalue weighted by atomic mass is 9.95. The third-order valence-electron chi connectivity index (χ3n) is 5.19. The van der Waals surface area contributed by atoms with E-state index in [-0.39, 0.29) is 0 Å². The van der Waals surface area contributed by atoms with Gasteiger partial charge in [-0.05, 0) is 50.8 Å². The third-order valence-corrected chi connectivity index (χ3v) is 5.19. The number of carbonyl (C=O) groups is 1. The summed E-state index contributed by atoms with van der Waals surface area (Å²) in [5, 5.41) is 0. The number of likely N-dealkylation sites (tertiary alicyclic amines) is 2. The van der Waals surface area contributed by atoms with Gasteiger partial charge in [0.25, 0.3) is 0 Å². The minimum absolute atomic E-state index is 0.368. The summed E-state index contributed by atoms with van der Waals surface area (Å²) in [5.74, 6) is 2.02. The van der Waals surface area contributed by atoms with Crippen LogP contribution in [0.15, 0.2) is 24.3 Å². The van der Waals surface area contributed by atoms with Crippen LogP contribution in [0.2, 0.25) is 0 Å². The summed E-state index contributed by atoms with van der Waals surface area (Å²) < 4.78 is 5.45. The summed E-state index contributed by atoms with van der Waals surface area (Å²) in [6.07, 6.45) is 5.40. The molecular weight excluding hydrogens is 288 g/mol. The zero-order valence-corrected chi connectivity index (χ0v) is 14.2. The van der Waals surface area contributed by atoms with Gasteiger partial charge in [-0.15, -0.1) is 0 Å². The molecule has 4 heteroatoms. The highest BCUT2D eigenvalue weighted by atomic mass is 16.5. The Balaban J connectivity index is 1.47. The van der Waals surface area contributed by atoms with E-state index >= 15 is 0 Å². The average Bonchev–Trinajstić information content (AvgIpc) is 2.59. The molecule has 2 aliphatic heterocycles. The van der Waals surface area contributed by atoms with Crippen LogP contribution in [-0.4, -0.2) is 49.0 Å². The van der Waals surface area contributed by atoms with Crippen LogP contribution < -0.4 is 4.74 Å². The highest BCUT2D eigenvalue weighted by molar-refractivity contribution is 5.76. The number of amides is 1. The molecule has 2 saturated heterocycles. The monoisotopic (exact) mass is 316 g/mol. The van der Waals surface area contributed by atoms with Crippen molar-refractivity contribution in [2.24, 2.45) is 5.92 Å². The first kappa shape index (κ1) is 16.3. The topological polar surface area (TPSA) is 32.8 Å². The molecule has 2 fully saturated rings. The Morgan fingerprint density at radius 3 is 2.65 bits per heavy atom. The van der Waals surface area contributed by atoms with Crippen molar-refractivity contribution < 1.29 is 9.53 Å². The fourth-order valence-electron chi connectivity index (χ4n) is 3.77. The van der Waals surface area contributed by atoms with Gasteiger partial charge in [-0.2, -0.15) is 0 Å². The number of nitrogens with zero attached hydrogens (tertiary/aromatic N) is 2. The number of benzene rings is 1. The zero-order valence-electron chi connectivity index (χ0n) is 14.2. The van der Waals surface area contributed by atoms with Crippen LogP contribution in [0.4, 0.5) is 0 Å². The molecule has 23 heavy (non-hydrogen) atoms. The van der Waals surface area contributed by atoms with E-state index < -0.39 is 0 Å². The maximum absolute atomic E-state index is 11.9. The predicted molar refractivity (Wildman–Crippen MR) is 91.4 cm³/mol. The van der Waals surface area contributed by atoms with Gasteiger partial charge < -0.3 is 9.64 Å². The number of hydrogen-bond acceptors (Lipinski definition) is 3. The summed E-state index contributed by atoms with van der Waals surface area (Å²) >= 11 is 0. The molecule has 0 spiro atoms. The second-order valence-electron chi connectivity index (χ2n) is 6.83. The predicted octanol–water partition coefficient (Wildman–Crippen LogP) is 2.92. The van der Waals surface area contributed by atoms with E-state index in [0.29, 0.717) is 11.8 Å². The molecule has 0 aromatic heterocycles. The van der Waals surface area contributed by atoms with Gasteiger partial charge in [0.05, 0.1) is 7.11 Å². The van der Waals surface area contributed by atoms with Crippen LogP contribution in [-0.2, 0) is 11.3 Å². The van der Waals surface area contributed by atoms with Gasteiger partial charge in [0.15, 0.2) is 0 Å². The summed E-state index contributed by atoms with van der Waals surface area (Å²) in [6.45, 7) is 5.14. The molecule has 2 aliphatic rings. The first-order chi connectivity index (χ1) is 11.3. The maximum Gasteiger partial charge on any atom is 0.222 e. The molecule has 0 radical (unpaired) electrons. The lowest BCUT2D eigenvalue weighted by molar-refractivity contribution is -0.134. The third kappa shape index (κ3) is 4.25. The molecule has 0 saturated carbocycles. The smallest absolute Gasteiger partial charge is 0.222 e. The molecule has 0 unspecified atom stereocenters. The van der Waals surface area contributed by atoms with Crippen molar-refractivity contribution >= 4 is 5.91 Å². The summed E-state index contributed by atoms with van der Waals surface area (Å²) in [4.78, 5) is 16.6. The second-order valence-corrected chi connectivity index (χ2v) is 6.83. The molecule has 1 aromatic carbocycles. The number of piperidine rings is 2. The molecule has 1 aromatic rings. The van der Waals surface area contributed by atoms with E-state index in [1.165, 1.54) is 24.8 Å². The van der Waals surface area contributed by atoms with Crippen molar-refractivity contribution in [3.8, 4) is 5.75 Å². The largest absolute Gasteiger partial charge is 0.496 e. The highest BCUT2D eigenvalue weighted by Crippen LogP contribution is 2.24. The Kier molecular flexibility index (Phi) is 5.55. The molecular formula is C19H28N2O2. The lowest BCUT2D eigenvalue weighted by Crippen LogP contribution is -2.42. The lowest BCUT2D eigenvalue weighted by Gasteiger charge is -2.36. The van der Waals surface area contributed by atoms with Gasteiger partial charge in [-0.1, -0.05) is 18.2 Å². The first-order valence-electron chi connectivity index (χ1n) is 8.88. The van der Waals surface area contributed by atoms with Crippen LogP contribution in [0.5, 0.6) is 5.75 Å². The molecule has 126 valence electrons. The fourth-order valence-corrected chi connectivity index (χ4v) is 3.77. The Morgan fingerprint density at radius 1 is 1.13 bits per heavy atom. The molecule has 4 nitrogen and oxygen atoms in total. The van der Waals surface area contributed by atoms with Crippen molar-refractivity contribution in [2.75, 3.05) is 33.3 Å². The van der Waals surface area contributed by atoms with Gasteiger partial charge >= 0.3 is 0 Å². The van der Waals surface area contributed by atoms with Crippen molar-refractivity contribution in [1.82, 2.24) is 9.80 Å². The molecule has 3 rings (SSSR count). The Morgan fingerprint density at radius 2 is 1.91 bits per heavy atom. The van der Waals surface area contributed by atoms with Gasteiger partial charge in [0.2, 0.25) is 5.91 Å². The van der Waals surface area contributed by atoms with Gasteiger partial charge in [-0.3, -0.25) is 9.69 Å². The summed E-state index contributed by atoms with van der Waals surface area (Å²) in [5.41, 5.74) is 1.26. The Bertz CT molecular complexity index is 524. The van der Waals surface area contributed by atoms with E-state index in [4.69, 9.17) is 4.74 Å². The van der Waals surface area contributed by atoms with Gasteiger partial charge in [0.1, 0.15) is 5.75 Å². The van der Waals surface area contributed by atoms with Crippen molar-refractivity contribution in [1.29, 1.82) is 0 Å². The van der Waals surface area contributed by atoms with Gasteiger partial charge in [-0.25, -0.2) is 0 Å². The van der Waals surface area contributed by atoms with Crippen LogP contribution in [0, 0.1) is 5.92 Å². The Hall–Kier alpha value is -1.55. The van der Waals surface area contributed by atoms with Crippen LogP contribution in [0.1, 0.15) is 37.7 Å². The minimum Gasteiger partial charge on any atom is -0.496 e. The average molecular weight is 316 g/mol. The van der Waals surface area contributed by atoms with Crippen molar-refractivity contribution in [3.63, 3.8) is 0 Å².